The van der Waals surface area contributed by atoms with Crippen molar-refractivity contribution in [3.05, 3.63) is 0 Å². The maximum atomic E-state index is 12.8. The Kier molecular flexibility index (Phi) is 6.27. The molecule has 1 amide bonds. The Morgan fingerprint density at radius 1 is 1.32 bits per heavy atom. The van der Waals surface area contributed by atoms with E-state index in [4.69, 9.17) is 5.73 Å². The molecule has 1 aliphatic heterocycles. The minimum Gasteiger partial charge on any atom is -0.342 e. The van der Waals surface area contributed by atoms with Crippen molar-refractivity contribution in [2.24, 2.45) is 17.1 Å². The number of nitrogens with zero attached hydrogens (tertiary/aromatic N) is 2. The van der Waals surface area contributed by atoms with Gasteiger partial charge in [-0.25, -0.2) is 0 Å². The average Bonchev–Trinajstić information content (AvgIpc) is 2.54. The summed E-state index contributed by atoms with van der Waals surface area (Å²) in [5.74, 6) is 0.872. The van der Waals surface area contributed by atoms with Gasteiger partial charge in [0.05, 0.1) is 0 Å². The van der Waals surface area contributed by atoms with Crippen LogP contribution in [0.5, 0.6) is 0 Å². The van der Waals surface area contributed by atoms with E-state index in [-0.39, 0.29) is 5.41 Å². The Morgan fingerprint density at radius 2 is 2.00 bits per heavy atom. The second-order valence-corrected chi connectivity index (χ2v) is 7.67. The van der Waals surface area contributed by atoms with Crippen molar-refractivity contribution in [1.82, 2.24) is 9.80 Å². The van der Waals surface area contributed by atoms with Crippen molar-refractivity contribution in [2.45, 2.75) is 64.8 Å². The Bertz CT molecular complexity index is 365. The number of hydrogen-bond donors (Lipinski definition) is 1. The number of likely N-dealkylation sites (tertiary alicyclic amines) is 1. The van der Waals surface area contributed by atoms with Crippen LogP contribution < -0.4 is 5.73 Å². The van der Waals surface area contributed by atoms with E-state index in [0.29, 0.717) is 30.8 Å². The first-order valence-corrected chi connectivity index (χ1v) is 9.19. The number of rotatable bonds is 5. The summed E-state index contributed by atoms with van der Waals surface area (Å²) in [4.78, 5) is 17.4. The molecule has 2 rings (SSSR count). The molecule has 22 heavy (non-hydrogen) atoms. The number of carbonyl (C=O) groups excluding carboxylic acids is 1. The quantitative estimate of drug-likeness (QED) is 0.849. The van der Waals surface area contributed by atoms with Gasteiger partial charge < -0.3 is 15.5 Å². The van der Waals surface area contributed by atoms with Gasteiger partial charge in [0.15, 0.2) is 0 Å². The molecule has 128 valence electrons. The van der Waals surface area contributed by atoms with E-state index in [1.807, 2.05) is 11.9 Å². The molecule has 1 saturated heterocycles. The van der Waals surface area contributed by atoms with Crippen molar-refractivity contribution in [1.29, 1.82) is 0 Å². The Morgan fingerprint density at radius 3 is 2.55 bits per heavy atom. The molecule has 0 aromatic heterocycles. The van der Waals surface area contributed by atoms with Crippen molar-refractivity contribution >= 4 is 5.91 Å². The van der Waals surface area contributed by atoms with Gasteiger partial charge in [0, 0.05) is 32.6 Å². The summed E-state index contributed by atoms with van der Waals surface area (Å²) < 4.78 is 0. The predicted molar refractivity (Wildman–Crippen MR) is 91.6 cm³/mol. The van der Waals surface area contributed by atoms with E-state index in [1.54, 1.807) is 0 Å². The van der Waals surface area contributed by atoms with Crippen molar-refractivity contribution < 1.29 is 4.79 Å². The fourth-order valence-corrected chi connectivity index (χ4v) is 4.47. The van der Waals surface area contributed by atoms with Crippen LogP contribution in [-0.2, 0) is 4.79 Å². The SMILES string of the molecule is CCN1CCC(N(C)C(=O)CC2(CN)CCCCC2)C(C)C1. The minimum atomic E-state index is 0.0803. The molecule has 1 heterocycles. The van der Waals surface area contributed by atoms with Crippen LogP contribution >= 0.6 is 0 Å². The smallest absolute Gasteiger partial charge is 0.223 e. The molecule has 4 heteroatoms. The lowest BCUT2D eigenvalue weighted by molar-refractivity contribution is -0.137. The highest BCUT2D eigenvalue weighted by Gasteiger charge is 2.36. The maximum absolute atomic E-state index is 12.8. The molecule has 2 unspecified atom stereocenters. The third-order valence-corrected chi connectivity index (χ3v) is 6.16. The largest absolute Gasteiger partial charge is 0.342 e. The standard InChI is InChI=1S/C18H35N3O/c1-4-21-11-8-16(15(2)13-21)20(3)17(22)12-18(14-19)9-6-5-7-10-18/h15-16H,4-14,19H2,1-3H3. The Balaban J connectivity index is 1.94. The first kappa shape index (κ1) is 17.7. The highest BCUT2D eigenvalue weighted by Crippen LogP contribution is 2.39. The zero-order valence-corrected chi connectivity index (χ0v) is 14.8. The number of amides is 1. The molecule has 2 aliphatic rings. The first-order chi connectivity index (χ1) is 10.5. The van der Waals surface area contributed by atoms with Gasteiger partial charge in [0.25, 0.3) is 0 Å². The Labute approximate surface area is 136 Å². The number of nitrogens with two attached hydrogens (primary N) is 1. The molecule has 0 radical (unpaired) electrons. The van der Waals surface area contributed by atoms with E-state index >= 15 is 0 Å². The van der Waals surface area contributed by atoms with Crippen molar-refractivity contribution in [3.63, 3.8) is 0 Å². The zero-order valence-electron chi connectivity index (χ0n) is 14.8. The zero-order chi connectivity index (χ0) is 16.2. The molecule has 1 aliphatic carbocycles. The van der Waals surface area contributed by atoms with E-state index in [1.165, 1.54) is 19.3 Å². The summed E-state index contributed by atoms with van der Waals surface area (Å²) in [6.07, 6.45) is 7.80. The molecular weight excluding hydrogens is 274 g/mol. The fourth-order valence-electron chi connectivity index (χ4n) is 4.47. The highest BCUT2D eigenvalue weighted by atomic mass is 16.2. The van der Waals surface area contributed by atoms with Crippen LogP contribution in [0.3, 0.4) is 0 Å². The molecule has 0 aromatic carbocycles. The first-order valence-electron chi connectivity index (χ1n) is 9.19. The maximum Gasteiger partial charge on any atom is 0.223 e. The van der Waals surface area contributed by atoms with Crippen LogP contribution in [0.2, 0.25) is 0 Å². The summed E-state index contributed by atoms with van der Waals surface area (Å²) >= 11 is 0. The lowest BCUT2D eigenvalue weighted by Gasteiger charge is -2.43. The van der Waals surface area contributed by atoms with Gasteiger partial charge in [-0.1, -0.05) is 33.1 Å². The van der Waals surface area contributed by atoms with Gasteiger partial charge >= 0.3 is 0 Å². The minimum absolute atomic E-state index is 0.0803. The number of piperidine rings is 1. The lowest BCUT2D eigenvalue weighted by atomic mass is 9.71. The predicted octanol–water partition coefficient (Wildman–Crippen LogP) is 2.47. The molecule has 2 fully saturated rings. The van der Waals surface area contributed by atoms with Crippen LogP contribution in [0, 0.1) is 11.3 Å². The van der Waals surface area contributed by atoms with Crippen molar-refractivity contribution in [2.75, 3.05) is 33.2 Å². The van der Waals surface area contributed by atoms with Gasteiger partial charge in [-0.05, 0) is 43.7 Å². The van der Waals surface area contributed by atoms with Crippen LogP contribution in [0.15, 0.2) is 0 Å². The Hall–Kier alpha value is -0.610. The van der Waals surface area contributed by atoms with Crippen LogP contribution in [-0.4, -0.2) is 55.0 Å². The second-order valence-electron chi connectivity index (χ2n) is 7.67. The molecular formula is C18H35N3O. The van der Waals surface area contributed by atoms with E-state index < -0.39 is 0 Å². The number of hydrogen-bond acceptors (Lipinski definition) is 3. The van der Waals surface area contributed by atoms with E-state index in [9.17, 15) is 4.79 Å². The molecule has 0 spiro atoms. The molecule has 1 saturated carbocycles. The number of carbonyl (C=O) groups is 1. The van der Waals surface area contributed by atoms with Crippen LogP contribution in [0.1, 0.15) is 58.8 Å². The molecule has 4 nitrogen and oxygen atoms in total. The van der Waals surface area contributed by atoms with Crippen LogP contribution in [0.4, 0.5) is 0 Å². The molecule has 2 atom stereocenters. The third-order valence-electron chi connectivity index (χ3n) is 6.16. The van der Waals surface area contributed by atoms with E-state index in [2.05, 4.69) is 18.7 Å². The highest BCUT2D eigenvalue weighted by molar-refractivity contribution is 5.77. The van der Waals surface area contributed by atoms with Crippen LogP contribution in [0.25, 0.3) is 0 Å². The van der Waals surface area contributed by atoms with E-state index in [0.717, 1.165) is 38.9 Å². The van der Waals surface area contributed by atoms with Gasteiger partial charge in [-0.3, -0.25) is 4.79 Å². The molecule has 0 aromatic rings. The lowest BCUT2D eigenvalue weighted by Crippen LogP contribution is -2.51. The second kappa shape index (κ2) is 7.78. The molecule has 2 N–H and O–H groups in total. The van der Waals surface area contributed by atoms with Gasteiger partial charge in [-0.2, -0.15) is 0 Å². The topological polar surface area (TPSA) is 49.6 Å². The normalized spacial score (nSPS) is 29.3. The summed E-state index contributed by atoms with van der Waals surface area (Å²) in [6, 6.07) is 0.397. The summed E-state index contributed by atoms with van der Waals surface area (Å²) in [5, 5.41) is 0. The van der Waals surface area contributed by atoms with Crippen molar-refractivity contribution in [3.8, 4) is 0 Å². The average molecular weight is 309 g/mol. The summed E-state index contributed by atoms with van der Waals surface area (Å²) in [5.41, 5.74) is 6.13. The summed E-state index contributed by atoms with van der Waals surface area (Å²) in [6.45, 7) is 8.51. The molecule has 0 bridgehead atoms. The third kappa shape index (κ3) is 4.02. The van der Waals surface area contributed by atoms with Gasteiger partial charge in [0.1, 0.15) is 0 Å². The fraction of sp³-hybridized carbons (Fsp3) is 0.944. The van der Waals surface area contributed by atoms with Gasteiger partial charge in [0.2, 0.25) is 5.91 Å². The van der Waals surface area contributed by atoms with Gasteiger partial charge in [-0.15, -0.1) is 0 Å². The summed E-state index contributed by atoms with van der Waals surface area (Å²) in [7, 11) is 2.01. The monoisotopic (exact) mass is 309 g/mol.